The number of para-hydroxylation sites is 2. The number of barbiturate groups is 1. The van der Waals surface area contributed by atoms with Gasteiger partial charge in [0, 0.05) is 14.1 Å². The van der Waals surface area contributed by atoms with Crippen molar-refractivity contribution in [3.63, 3.8) is 0 Å². The minimum atomic E-state index is -0.678. The molecule has 0 aromatic heterocycles. The average molecular weight is 533 g/mol. The van der Waals surface area contributed by atoms with Gasteiger partial charge in [-0.25, -0.2) is 4.79 Å². The van der Waals surface area contributed by atoms with E-state index in [-0.39, 0.29) is 18.8 Å². The molecule has 9 nitrogen and oxygen atoms in total. The quantitative estimate of drug-likeness (QED) is 0.275. The second-order valence-corrected chi connectivity index (χ2v) is 8.03. The molecule has 0 bridgehead atoms. The number of methoxy groups -OCH3 is 1. The van der Waals surface area contributed by atoms with E-state index in [9.17, 15) is 14.4 Å². The maximum absolute atomic E-state index is 12.5. The highest BCUT2D eigenvalue weighted by molar-refractivity contribution is 9.10. The van der Waals surface area contributed by atoms with E-state index in [1.807, 2.05) is 19.1 Å². The summed E-state index contributed by atoms with van der Waals surface area (Å²) >= 11 is 3.48. The lowest BCUT2D eigenvalue weighted by atomic mass is 10.1. The second kappa shape index (κ2) is 11.1. The monoisotopic (exact) mass is 532 g/mol. The van der Waals surface area contributed by atoms with Crippen molar-refractivity contribution < 1.29 is 33.3 Å². The van der Waals surface area contributed by atoms with Gasteiger partial charge in [-0.3, -0.25) is 19.4 Å². The van der Waals surface area contributed by atoms with Crippen LogP contribution in [-0.4, -0.2) is 68.7 Å². The van der Waals surface area contributed by atoms with Crippen LogP contribution in [0.5, 0.6) is 23.0 Å². The van der Waals surface area contributed by atoms with Gasteiger partial charge in [-0.2, -0.15) is 0 Å². The predicted molar refractivity (Wildman–Crippen MR) is 128 cm³/mol. The summed E-state index contributed by atoms with van der Waals surface area (Å²) in [6.07, 6.45) is 1.42. The van der Waals surface area contributed by atoms with Crippen LogP contribution in [0.1, 0.15) is 12.5 Å². The summed E-state index contributed by atoms with van der Waals surface area (Å²) in [5.74, 6) is 0.774. The Bertz CT molecular complexity index is 1110. The molecule has 1 aliphatic heterocycles. The highest BCUT2D eigenvalue weighted by Crippen LogP contribution is 2.38. The van der Waals surface area contributed by atoms with E-state index in [1.165, 1.54) is 20.2 Å². The molecule has 0 aliphatic carbocycles. The number of amides is 4. The fourth-order valence-corrected chi connectivity index (χ4v) is 3.82. The lowest BCUT2D eigenvalue weighted by Crippen LogP contribution is -2.52. The molecule has 4 amide bonds. The Balaban J connectivity index is 1.79. The Kier molecular flexibility index (Phi) is 8.17. The van der Waals surface area contributed by atoms with Crippen molar-refractivity contribution >= 4 is 39.9 Å². The van der Waals surface area contributed by atoms with E-state index in [0.717, 1.165) is 9.80 Å². The first-order valence-electron chi connectivity index (χ1n) is 10.4. The first kappa shape index (κ1) is 25.1. The van der Waals surface area contributed by atoms with Gasteiger partial charge in [0.15, 0.2) is 23.0 Å². The van der Waals surface area contributed by atoms with Crippen LogP contribution in [0.4, 0.5) is 4.79 Å². The maximum atomic E-state index is 12.5. The van der Waals surface area contributed by atoms with E-state index in [2.05, 4.69) is 15.9 Å². The number of carbonyl (C=O) groups is 3. The Hall–Kier alpha value is -3.53. The normalized spacial score (nSPS) is 13.8. The van der Waals surface area contributed by atoms with Gasteiger partial charge in [0.05, 0.1) is 18.2 Å². The largest absolute Gasteiger partial charge is 0.493 e. The van der Waals surface area contributed by atoms with E-state index in [4.69, 9.17) is 18.9 Å². The van der Waals surface area contributed by atoms with Gasteiger partial charge in [0.2, 0.25) is 0 Å². The number of likely N-dealkylation sites (N-methyl/N-ethyl adjacent to an activating group) is 2. The number of hydrogen-bond acceptors (Lipinski definition) is 7. The SMILES string of the molecule is CCOc1cc(C=C2C(=O)N(C)C(=O)N(C)C2=O)cc(Br)c1OCCOc1ccccc1OC. The zero-order valence-corrected chi connectivity index (χ0v) is 20.9. The highest BCUT2D eigenvalue weighted by atomic mass is 79.9. The first-order valence-corrected chi connectivity index (χ1v) is 11.2. The van der Waals surface area contributed by atoms with Crippen molar-refractivity contribution in [3.05, 3.63) is 52.0 Å². The molecule has 2 aromatic rings. The lowest BCUT2D eigenvalue weighted by molar-refractivity contribution is -0.134. The smallest absolute Gasteiger partial charge is 0.333 e. The van der Waals surface area contributed by atoms with Gasteiger partial charge in [0.1, 0.15) is 18.8 Å². The summed E-state index contributed by atoms with van der Waals surface area (Å²) in [4.78, 5) is 38.7. The molecular formula is C24H25BrN2O7. The third-order valence-electron chi connectivity index (χ3n) is 4.94. The Morgan fingerprint density at radius 1 is 0.882 bits per heavy atom. The van der Waals surface area contributed by atoms with Crippen LogP contribution in [-0.2, 0) is 9.59 Å². The molecule has 34 heavy (non-hydrogen) atoms. The van der Waals surface area contributed by atoms with Gasteiger partial charge in [0.25, 0.3) is 11.8 Å². The van der Waals surface area contributed by atoms with Crippen LogP contribution in [0.25, 0.3) is 6.08 Å². The summed E-state index contributed by atoms with van der Waals surface area (Å²) < 4.78 is 23.2. The molecule has 3 rings (SSSR count). The number of ether oxygens (including phenoxy) is 4. The zero-order chi connectivity index (χ0) is 24.8. The summed E-state index contributed by atoms with van der Waals surface area (Å²) in [5, 5.41) is 0. The fraction of sp³-hybridized carbons (Fsp3) is 0.292. The molecule has 0 atom stereocenters. The van der Waals surface area contributed by atoms with Crippen LogP contribution in [0.15, 0.2) is 46.4 Å². The van der Waals surface area contributed by atoms with Crippen LogP contribution < -0.4 is 18.9 Å². The van der Waals surface area contributed by atoms with Gasteiger partial charge in [-0.05, 0) is 58.8 Å². The summed E-state index contributed by atoms with van der Waals surface area (Å²) in [5.41, 5.74) is 0.402. The van der Waals surface area contributed by atoms with Gasteiger partial charge in [-0.15, -0.1) is 0 Å². The number of benzene rings is 2. The van der Waals surface area contributed by atoms with E-state index >= 15 is 0 Å². The van der Waals surface area contributed by atoms with Crippen molar-refractivity contribution in [1.29, 1.82) is 0 Å². The first-order chi connectivity index (χ1) is 16.3. The average Bonchev–Trinajstić information content (AvgIpc) is 2.83. The number of nitrogens with zero attached hydrogens (tertiary/aromatic N) is 2. The number of urea groups is 1. The molecular weight excluding hydrogens is 508 g/mol. The molecule has 2 aromatic carbocycles. The van der Waals surface area contributed by atoms with Gasteiger partial charge in [-0.1, -0.05) is 12.1 Å². The van der Waals surface area contributed by atoms with Gasteiger partial charge >= 0.3 is 6.03 Å². The third kappa shape index (κ3) is 5.33. The van der Waals surface area contributed by atoms with Crippen LogP contribution in [0, 0.1) is 0 Å². The lowest BCUT2D eigenvalue weighted by Gasteiger charge is -2.28. The Morgan fingerprint density at radius 3 is 2.12 bits per heavy atom. The van der Waals surface area contributed by atoms with Crippen molar-refractivity contribution in [2.75, 3.05) is 41.0 Å². The van der Waals surface area contributed by atoms with Crippen LogP contribution in [0.3, 0.4) is 0 Å². The van der Waals surface area contributed by atoms with E-state index < -0.39 is 17.8 Å². The van der Waals surface area contributed by atoms with Crippen LogP contribution in [0.2, 0.25) is 0 Å². The summed E-state index contributed by atoms with van der Waals surface area (Å²) in [6.45, 7) is 2.70. The zero-order valence-electron chi connectivity index (χ0n) is 19.3. The number of halogens is 1. The number of carbonyl (C=O) groups excluding carboxylic acids is 3. The van der Waals surface area contributed by atoms with Crippen molar-refractivity contribution in [2.45, 2.75) is 6.92 Å². The highest BCUT2D eigenvalue weighted by Gasteiger charge is 2.37. The summed E-state index contributed by atoms with van der Waals surface area (Å²) in [6, 6.07) is 10.00. The van der Waals surface area contributed by atoms with E-state index in [0.29, 0.717) is 39.6 Å². The number of rotatable bonds is 9. The third-order valence-corrected chi connectivity index (χ3v) is 5.53. The molecule has 0 spiro atoms. The maximum Gasteiger partial charge on any atom is 0.333 e. The van der Waals surface area contributed by atoms with Crippen molar-refractivity contribution in [2.24, 2.45) is 0 Å². The van der Waals surface area contributed by atoms with Crippen molar-refractivity contribution in [1.82, 2.24) is 9.80 Å². The molecule has 1 fully saturated rings. The Morgan fingerprint density at radius 2 is 1.50 bits per heavy atom. The molecule has 0 N–H and O–H groups in total. The standard InChI is InChI=1S/C24H25BrN2O7/c1-5-32-20-14-15(12-16-22(28)26(2)24(30)27(3)23(16)29)13-17(25)21(20)34-11-10-33-19-9-7-6-8-18(19)31-4/h6-9,12-14H,5,10-11H2,1-4H3. The molecule has 1 aliphatic rings. The molecule has 1 heterocycles. The minimum absolute atomic E-state index is 0.127. The molecule has 1 saturated heterocycles. The van der Waals surface area contributed by atoms with Gasteiger partial charge < -0.3 is 18.9 Å². The molecule has 180 valence electrons. The molecule has 10 heteroatoms. The van der Waals surface area contributed by atoms with Crippen molar-refractivity contribution in [3.8, 4) is 23.0 Å². The minimum Gasteiger partial charge on any atom is -0.493 e. The van der Waals surface area contributed by atoms with Crippen LogP contribution >= 0.6 is 15.9 Å². The second-order valence-electron chi connectivity index (χ2n) is 7.18. The Labute approximate surface area is 205 Å². The molecule has 0 radical (unpaired) electrons. The fourth-order valence-electron chi connectivity index (χ4n) is 3.25. The molecule has 0 unspecified atom stereocenters. The summed E-state index contributed by atoms with van der Waals surface area (Å²) in [7, 11) is 4.23. The molecule has 0 saturated carbocycles. The topological polar surface area (TPSA) is 94.6 Å². The number of hydrogen-bond donors (Lipinski definition) is 0. The predicted octanol–water partition coefficient (Wildman–Crippen LogP) is 3.75. The number of imide groups is 2. The van der Waals surface area contributed by atoms with E-state index in [1.54, 1.807) is 31.4 Å².